The van der Waals surface area contributed by atoms with E-state index < -0.39 is 10.9 Å². The Balaban J connectivity index is 1.36. The lowest BCUT2D eigenvalue weighted by Crippen LogP contribution is -2.37. The van der Waals surface area contributed by atoms with Crippen molar-refractivity contribution < 1.29 is 4.79 Å². The van der Waals surface area contributed by atoms with Crippen LogP contribution in [0.15, 0.2) is 82.6 Å². The predicted molar refractivity (Wildman–Crippen MR) is 125 cm³/mol. The predicted octanol–water partition coefficient (Wildman–Crippen LogP) is 2.74. The van der Waals surface area contributed by atoms with E-state index in [2.05, 4.69) is 20.9 Å². The number of aromatic nitrogens is 1. The highest BCUT2D eigenvalue weighted by molar-refractivity contribution is 6.05. The molecule has 1 aromatic heterocycles. The minimum Gasteiger partial charge on any atom is -0.397 e. The molecule has 0 spiro atoms. The standard InChI is InChI=1S/C24H21N5O3/c25-18-5-1-2-6-19(18)29-24(32)17-9-7-15(8-10-17)13-27-20-21(23(31)22(20)30)28-14-16-4-3-11-26-12-16/h1-12,27-28H,13-14,25H2,(H,29,32). The second kappa shape index (κ2) is 9.13. The third-order valence-corrected chi connectivity index (χ3v) is 5.00. The van der Waals surface area contributed by atoms with Gasteiger partial charge in [0.05, 0.1) is 11.4 Å². The summed E-state index contributed by atoms with van der Waals surface area (Å²) in [5.41, 5.74) is 8.58. The topological polar surface area (TPSA) is 126 Å². The van der Waals surface area contributed by atoms with Crippen molar-refractivity contribution >= 4 is 28.7 Å². The SMILES string of the molecule is Nc1ccccc1NC(=O)c1ccc(CNc2c(NCc3cccnc3)c(=O)c2=O)cc1. The minimum absolute atomic E-state index is 0.264. The van der Waals surface area contributed by atoms with Crippen molar-refractivity contribution in [2.24, 2.45) is 0 Å². The molecule has 32 heavy (non-hydrogen) atoms. The minimum atomic E-state index is -0.546. The third kappa shape index (κ3) is 4.49. The highest BCUT2D eigenvalue weighted by Crippen LogP contribution is 2.19. The molecule has 1 amide bonds. The van der Waals surface area contributed by atoms with Crippen LogP contribution in [0.5, 0.6) is 0 Å². The van der Waals surface area contributed by atoms with Crippen LogP contribution < -0.4 is 32.5 Å². The van der Waals surface area contributed by atoms with Crippen LogP contribution in [0.2, 0.25) is 0 Å². The zero-order valence-electron chi connectivity index (χ0n) is 17.1. The summed E-state index contributed by atoms with van der Waals surface area (Å²) >= 11 is 0. The number of amides is 1. The molecule has 4 aromatic rings. The largest absolute Gasteiger partial charge is 0.397 e. The highest BCUT2D eigenvalue weighted by atomic mass is 16.2. The molecule has 4 rings (SSSR count). The van der Waals surface area contributed by atoms with E-state index >= 15 is 0 Å². The van der Waals surface area contributed by atoms with Crippen LogP contribution in [0.25, 0.3) is 0 Å². The van der Waals surface area contributed by atoms with Gasteiger partial charge in [0, 0.05) is 31.0 Å². The number of nitrogens with two attached hydrogens (primary N) is 1. The summed E-state index contributed by atoms with van der Waals surface area (Å²) in [7, 11) is 0. The van der Waals surface area contributed by atoms with Gasteiger partial charge in [-0.25, -0.2) is 0 Å². The molecule has 0 saturated heterocycles. The average Bonchev–Trinajstić information content (AvgIpc) is 2.83. The van der Waals surface area contributed by atoms with Gasteiger partial charge in [0.2, 0.25) is 0 Å². The van der Waals surface area contributed by atoms with Crippen LogP contribution >= 0.6 is 0 Å². The van der Waals surface area contributed by atoms with E-state index in [0.29, 0.717) is 30.0 Å². The van der Waals surface area contributed by atoms with Gasteiger partial charge in [-0.2, -0.15) is 0 Å². The van der Waals surface area contributed by atoms with E-state index in [1.54, 1.807) is 67.0 Å². The lowest BCUT2D eigenvalue weighted by molar-refractivity contribution is 0.102. The van der Waals surface area contributed by atoms with Gasteiger partial charge in [-0.05, 0) is 41.5 Å². The number of nitrogen functional groups attached to an aromatic ring is 1. The quantitative estimate of drug-likeness (QED) is 0.252. The number of hydrogen-bond acceptors (Lipinski definition) is 7. The Kier molecular flexibility index (Phi) is 5.94. The number of rotatable bonds is 8. The molecule has 160 valence electrons. The molecule has 8 heteroatoms. The number of carbonyl (C=O) groups excluding carboxylic acids is 1. The molecule has 0 atom stereocenters. The molecule has 0 radical (unpaired) electrons. The molecule has 5 N–H and O–H groups in total. The maximum absolute atomic E-state index is 12.4. The number of nitrogens with zero attached hydrogens (tertiary/aromatic N) is 1. The highest BCUT2D eigenvalue weighted by Gasteiger charge is 2.20. The second-order valence-electron chi connectivity index (χ2n) is 7.21. The summed E-state index contributed by atoms with van der Waals surface area (Å²) in [4.78, 5) is 40.3. The fourth-order valence-corrected chi connectivity index (χ4v) is 3.19. The fraction of sp³-hybridized carbons (Fsp3) is 0.0833. The van der Waals surface area contributed by atoms with Gasteiger partial charge in [0.1, 0.15) is 11.4 Å². The Bertz CT molecular complexity index is 1310. The van der Waals surface area contributed by atoms with Crippen LogP contribution in [-0.4, -0.2) is 10.9 Å². The van der Waals surface area contributed by atoms with E-state index in [-0.39, 0.29) is 17.3 Å². The normalized spacial score (nSPS) is 10.6. The number of anilines is 4. The molecule has 0 aliphatic carbocycles. The average molecular weight is 427 g/mol. The maximum Gasteiger partial charge on any atom is 0.255 e. The third-order valence-electron chi connectivity index (χ3n) is 5.00. The molecule has 3 aromatic carbocycles. The fourth-order valence-electron chi connectivity index (χ4n) is 3.19. The molecule has 0 saturated carbocycles. The molecule has 0 fully saturated rings. The summed E-state index contributed by atoms with van der Waals surface area (Å²) < 4.78 is 0. The Hall–Kier alpha value is -4.46. The Morgan fingerprint density at radius 2 is 1.47 bits per heavy atom. The molecular weight excluding hydrogens is 406 g/mol. The Morgan fingerprint density at radius 1 is 0.812 bits per heavy atom. The first-order chi connectivity index (χ1) is 15.5. The van der Waals surface area contributed by atoms with Gasteiger partial charge >= 0.3 is 0 Å². The van der Waals surface area contributed by atoms with Gasteiger partial charge in [0.15, 0.2) is 0 Å². The molecule has 0 aliphatic rings. The molecule has 1 heterocycles. The van der Waals surface area contributed by atoms with E-state index in [0.717, 1.165) is 11.1 Å². The Morgan fingerprint density at radius 3 is 2.09 bits per heavy atom. The second-order valence-corrected chi connectivity index (χ2v) is 7.21. The van der Waals surface area contributed by atoms with E-state index in [4.69, 9.17) is 5.73 Å². The lowest BCUT2D eigenvalue weighted by Gasteiger charge is -2.15. The molecule has 0 aliphatic heterocycles. The number of benzene rings is 2. The summed E-state index contributed by atoms with van der Waals surface area (Å²) in [6, 6.07) is 17.7. The zero-order chi connectivity index (χ0) is 22.5. The maximum atomic E-state index is 12.4. The zero-order valence-corrected chi connectivity index (χ0v) is 17.1. The van der Waals surface area contributed by atoms with Crippen LogP contribution in [0.1, 0.15) is 21.5 Å². The molecule has 8 nitrogen and oxygen atoms in total. The summed E-state index contributed by atoms with van der Waals surface area (Å²) in [6.45, 7) is 0.725. The van der Waals surface area contributed by atoms with Crippen molar-refractivity contribution in [2.45, 2.75) is 13.1 Å². The lowest BCUT2D eigenvalue weighted by atomic mass is 10.1. The van der Waals surface area contributed by atoms with Crippen LogP contribution in [0.3, 0.4) is 0 Å². The number of nitrogens with one attached hydrogen (secondary N) is 3. The monoisotopic (exact) mass is 427 g/mol. The van der Waals surface area contributed by atoms with E-state index in [9.17, 15) is 14.4 Å². The van der Waals surface area contributed by atoms with Crippen molar-refractivity contribution in [3.63, 3.8) is 0 Å². The molecular formula is C24H21N5O3. The van der Waals surface area contributed by atoms with E-state index in [1.165, 1.54) is 0 Å². The van der Waals surface area contributed by atoms with Gasteiger partial charge in [-0.1, -0.05) is 30.3 Å². The van der Waals surface area contributed by atoms with Gasteiger partial charge in [-0.15, -0.1) is 0 Å². The van der Waals surface area contributed by atoms with Gasteiger partial charge < -0.3 is 21.7 Å². The van der Waals surface area contributed by atoms with Gasteiger partial charge in [-0.3, -0.25) is 19.4 Å². The number of para-hydroxylation sites is 2. The first kappa shape index (κ1) is 20.8. The van der Waals surface area contributed by atoms with Crippen LogP contribution in [0.4, 0.5) is 22.7 Å². The first-order valence-electron chi connectivity index (χ1n) is 9.97. The Labute approximate surface area is 183 Å². The summed E-state index contributed by atoms with van der Waals surface area (Å²) in [6.07, 6.45) is 3.36. The molecule has 0 unspecified atom stereocenters. The van der Waals surface area contributed by atoms with Crippen LogP contribution in [-0.2, 0) is 13.1 Å². The van der Waals surface area contributed by atoms with Crippen molar-refractivity contribution in [2.75, 3.05) is 21.7 Å². The van der Waals surface area contributed by atoms with E-state index in [1.807, 2.05) is 6.07 Å². The number of pyridine rings is 1. The van der Waals surface area contributed by atoms with Crippen molar-refractivity contribution in [1.82, 2.24) is 4.98 Å². The van der Waals surface area contributed by atoms with Crippen LogP contribution in [0, 0.1) is 0 Å². The molecule has 0 bridgehead atoms. The van der Waals surface area contributed by atoms with Crippen molar-refractivity contribution in [1.29, 1.82) is 0 Å². The smallest absolute Gasteiger partial charge is 0.255 e. The number of hydrogen-bond donors (Lipinski definition) is 4. The van der Waals surface area contributed by atoms with Crippen molar-refractivity contribution in [3.8, 4) is 0 Å². The summed E-state index contributed by atoms with van der Waals surface area (Å²) in [5, 5.41) is 8.79. The number of carbonyl (C=O) groups is 1. The summed E-state index contributed by atoms with van der Waals surface area (Å²) in [5.74, 6) is -0.272. The van der Waals surface area contributed by atoms with Crippen molar-refractivity contribution in [3.05, 3.63) is 110 Å². The first-order valence-corrected chi connectivity index (χ1v) is 9.97. The van der Waals surface area contributed by atoms with Gasteiger partial charge in [0.25, 0.3) is 16.8 Å².